The molecule has 3 rings (SSSR count). The first-order valence-electron chi connectivity index (χ1n) is 10.2. The van der Waals surface area contributed by atoms with Crippen molar-refractivity contribution in [2.45, 2.75) is 45.1 Å². The van der Waals surface area contributed by atoms with Gasteiger partial charge in [-0.25, -0.2) is 0 Å². The maximum atomic E-state index is 12.5. The lowest BCUT2D eigenvalue weighted by atomic mass is 10.0. The molecule has 0 radical (unpaired) electrons. The standard InChI is InChI=1S/C23H27N3O3/c1-2-17-5-7-18(8-6-17)21(27)9-10-22(28)26-14-11-20(12-15-26)25-23(29)19-4-3-13-24-16-19/h3-8,13,16,20H,2,9-12,14-15H2,1H3,(H,25,29). The maximum absolute atomic E-state index is 12.5. The topological polar surface area (TPSA) is 79.4 Å². The summed E-state index contributed by atoms with van der Waals surface area (Å²) in [5.41, 5.74) is 2.39. The minimum atomic E-state index is -0.137. The number of rotatable bonds is 7. The van der Waals surface area contributed by atoms with E-state index in [2.05, 4.69) is 17.2 Å². The molecule has 1 aromatic heterocycles. The summed E-state index contributed by atoms with van der Waals surface area (Å²) in [6.07, 6.45) is 5.98. The molecule has 6 nitrogen and oxygen atoms in total. The summed E-state index contributed by atoms with van der Waals surface area (Å²) >= 11 is 0. The number of piperidine rings is 1. The van der Waals surface area contributed by atoms with Crippen LogP contribution in [0.4, 0.5) is 0 Å². The Kier molecular flexibility index (Phi) is 7.11. The predicted molar refractivity (Wildman–Crippen MR) is 111 cm³/mol. The first kappa shape index (κ1) is 20.7. The molecule has 0 aliphatic carbocycles. The van der Waals surface area contributed by atoms with Crippen LogP contribution in [-0.4, -0.2) is 46.6 Å². The second kappa shape index (κ2) is 9.96. The normalized spacial score (nSPS) is 14.4. The zero-order valence-corrected chi connectivity index (χ0v) is 16.8. The molecule has 2 heterocycles. The molecular formula is C23H27N3O3. The third kappa shape index (κ3) is 5.73. The van der Waals surface area contributed by atoms with E-state index in [9.17, 15) is 14.4 Å². The zero-order valence-electron chi connectivity index (χ0n) is 16.8. The van der Waals surface area contributed by atoms with Gasteiger partial charge in [0.1, 0.15) is 0 Å². The molecule has 152 valence electrons. The van der Waals surface area contributed by atoms with Crippen molar-refractivity contribution in [3.63, 3.8) is 0 Å². The highest BCUT2D eigenvalue weighted by Gasteiger charge is 2.24. The third-order valence-electron chi connectivity index (χ3n) is 5.36. The van der Waals surface area contributed by atoms with Gasteiger partial charge in [0.2, 0.25) is 5.91 Å². The van der Waals surface area contributed by atoms with Gasteiger partial charge in [-0.15, -0.1) is 0 Å². The number of aromatic nitrogens is 1. The van der Waals surface area contributed by atoms with Gasteiger partial charge in [0.05, 0.1) is 5.56 Å². The van der Waals surface area contributed by atoms with Crippen molar-refractivity contribution in [2.24, 2.45) is 0 Å². The van der Waals surface area contributed by atoms with Crippen LogP contribution < -0.4 is 5.32 Å². The number of hydrogen-bond donors (Lipinski definition) is 1. The van der Waals surface area contributed by atoms with Crippen LogP contribution in [0.1, 0.15) is 58.9 Å². The Morgan fingerprint density at radius 2 is 1.76 bits per heavy atom. The quantitative estimate of drug-likeness (QED) is 0.734. The highest BCUT2D eigenvalue weighted by Crippen LogP contribution is 2.14. The third-order valence-corrected chi connectivity index (χ3v) is 5.36. The minimum Gasteiger partial charge on any atom is -0.349 e. The lowest BCUT2D eigenvalue weighted by Gasteiger charge is -2.32. The fourth-order valence-electron chi connectivity index (χ4n) is 3.49. The second-order valence-corrected chi connectivity index (χ2v) is 7.34. The van der Waals surface area contributed by atoms with Crippen molar-refractivity contribution in [2.75, 3.05) is 13.1 Å². The fourth-order valence-corrected chi connectivity index (χ4v) is 3.49. The van der Waals surface area contributed by atoms with Crippen LogP contribution >= 0.6 is 0 Å². The minimum absolute atomic E-state index is 0.000349. The van der Waals surface area contributed by atoms with Crippen LogP contribution in [0.3, 0.4) is 0 Å². The summed E-state index contributed by atoms with van der Waals surface area (Å²) in [5.74, 6) is -0.136. The molecule has 29 heavy (non-hydrogen) atoms. The molecule has 2 aromatic rings. The number of benzene rings is 1. The average molecular weight is 393 g/mol. The highest BCUT2D eigenvalue weighted by molar-refractivity contribution is 5.98. The predicted octanol–water partition coefficient (Wildman–Crippen LogP) is 3.03. The van der Waals surface area contributed by atoms with E-state index in [0.29, 0.717) is 37.1 Å². The number of Topliss-reactive ketones (excluding diaryl/α,β-unsaturated/α-hetero) is 1. The van der Waals surface area contributed by atoms with Crippen molar-refractivity contribution >= 4 is 17.6 Å². The first-order valence-corrected chi connectivity index (χ1v) is 10.2. The van der Waals surface area contributed by atoms with Gasteiger partial charge in [-0.3, -0.25) is 19.4 Å². The number of aryl methyl sites for hydroxylation is 1. The molecule has 1 aromatic carbocycles. The fraction of sp³-hybridized carbons (Fsp3) is 0.391. The first-order chi connectivity index (χ1) is 14.1. The van der Waals surface area contributed by atoms with Crippen LogP contribution in [0.15, 0.2) is 48.8 Å². The average Bonchev–Trinajstić information content (AvgIpc) is 2.78. The Morgan fingerprint density at radius 1 is 1.03 bits per heavy atom. The molecular weight excluding hydrogens is 366 g/mol. The van der Waals surface area contributed by atoms with E-state index in [1.807, 2.05) is 24.3 Å². The molecule has 1 saturated heterocycles. The lowest BCUT2D eigenvalue weighted by Crippen LogP contribution is -2.46. The number of nitrogens with one attached hydrogen (secondary N) is 1. The summed E-state index contributed by atoms with van der Waals surface area (Å²) in [5, 5.41) is 3.00. The van der Waals surface area contributed by atoms with Crippen LogP contribution in [0.25, 0.3) is 0 Å². The number of ketones is 1. The highest BCUT2D eigenvalue weighted by atomic mass is 16.2. The SMILES string of the molecule is CCc1ccc(C(=O)CCC(=O)N2CCC(NC(=O)c3cccnc3)CC2)cc1. The Hall–Kier alpha value is -3.02. The number of pyridine rings is 1. The van der Waals surface area contributed by atoms with Crippen molar-refractivity contribution in [3.05, 3.63) is 65.5 Å². The van der Waals surface area contributed by atoms with Crippen LogP contribution in [0.5, 0.6) is 0 Å². The number of amides is 2. The van der Waals surface area contributed by atoms with E-state index in [1.165, 1.54) is 5.56 Å². The number of hydrogen-bond acceptors (Lipinski definition) is 4. The lowest BCUT2D eigenvalue weighted by molar-refractivity contribution is -0.132. The van der Waals surface area contributed by atoms with Crippen molar-refractivity contribution in [3.8, 4) is 0 Å². The van der Waals surface area contributed by atoms with Crippen LogP contribution in [0.2, 0.25) is 0 Å². The van der Waals surface area contributed by atoms with Gasteiger partial charge in [0.25, 0.3) is 5.91 Å². The maximum Gasteiger partial charge on any atom is 0.253 e. The number of carbonyl (C=O) groups is 3. The largest absolute Gasteiger partial charge is 0.349 e. The Balaban J connectivity index is 1.41. The van der Waals surface area contributed by atoms with Gasteiger partial charge >= 0.3 is 0 Å². The second-order valence-electron chi connectivity index (χ2n) is 7.34. The number of carbonyl (C=O) groups excluding carboxylic acids is 3. The van der Waals surface area contributed by atoms with Gasteiger partial charge in [-0.05, 0) is 37.0 Å². The van der Waals surface area contributed by atoms with Crippen molar-refractivity contribution in [1.82, 2.24) is 15.2 Å². The molecule has 2 amide bonds. The van der Waals surface area contributed by atoms with Crippen molar-refractivity contribution in [1.29, 1.82) is 0 Å². The molecule has 0 unspecified atom stereocenters. The molecule has 0 atom stereocenters. The summed E-state index contributed by atoms with van der Waals surface area (Å²) in [6.45, 7) is 3.26. The summed E-state index contributed by atoms with van der Waals surface area (Å²) in [7, 11) is 0. The Morgan fingerprint density at radius 3 is 2.38 bits per heavy atom. The van der Waals surface area contributed by atoms with E-state index < -0.39 is 0 Å². The molecule has 1 fully saturated rings. The number of likely N-dealkylation sites (tertiary alicyclic amines) is 1. The monoisotopic (exact) mass is 393 g/mol. The van der Waals surface area contributed by atoms with Gasteiger partial charge < -0.3 is 10.2 Å². The van der Waals surface area contributed by atoms with Crippen molar-refractivity contribution < 1.29 is 14.4 Å². The molecule has 1 aliphatic heterocycles. The number of nitrogens with zero attached hydrogens (tertiary/aromatic N) is 2. The zero-order chi connectivity index (χ0) is 20.6. The summed E-state index contributed by atoms with van der Waals surface area (Å²) < 4.78 is 0. The summed E-state index contributed by atoms with van der Waals surface area (Å²) in [4.78, 5) is 42.7. The van der Waals surface area contributed by atoms with Crippen LogP contribution in [-0.2, 0) is 11.2 Å². The van der Waals surface area contributed by atoms with Crippen LogP contribution in [0, 0.1) is 0 Å². The molecule has 0 saturated carbocycles. The molecule has 1 aliphatic rings. The summed E-state index contributed by atoms with van der Waals surface area (Å²) in [6, 6.07) is 11.1. The van der Waals surface area contributed by atoms with E-state index in [1.54, 1.807) is 29.4 Å². The van der Waals surface area contributed by atoms with E-state index >= 15 is 0 Å². The van der Waals surface area contributed by atoms with Gasteiger partial charge in [0.15, 0.2) is 5.78 Å². The van der Waals surface area contributed by atoms with E-state index in [0.717, 1.165) is 6.42 Å². The Bertz CT molecular complexity index is 841. The van der Waals surface area contributed by atoms with Gasteiger partial charge in [-0.2, -0.15) is 0 Å². The van der Waals surface area contributed by atoms with Gasteiger partial charge in [-0.1, -0.05) is 31.2 Å². The Labute approximate surface area is 171 Å². The molecule has 0 bridgehead atoms. The van der Waals surface area contributed by atoms with E-state index in [4.69, 9.17) is 0 Å². The van der Waals surface area contributed by atoms with Gasteiger partial charge in [0, 0.05) is 49.9 Å². The molecule has 0 spiro atoms. The van der Waals surface area contributed by atoms with E-state index in [-0.39, 0.29) is 36.5 Å². The molecule has 6 heteroatoms. The smallest absolute Gasteiger partial charge is 0.253 e. The molecule has 1 N–H and O–H groups in total.